The van der Waals surface area contributed by atoms with Gasteiger partial charge < -0.3 is 10.1 Å². The van der Waals surface area contributed by atoms with E-state index in [1.165, 1.54) is 32.1 Å². The molecule has 0 aromatic carbocycles. The van der Waals surface area contributed by atoms with Crippen LogP contribution in [0.1, 0.15) is 37.8 Å². The molecule has 1 saturated heterocycles. The van der Waals surface area contributed by atoms with Crippen LogP contribution in [-0.4, -0.2) is 28.2 Å². The Morgan fingerprint density at radius 3 is 3.15 bits per heavy atom. The first-order valence-electron chi connectivity index (χ1n) is 7.58. The summed E-state index contributed by atoms with van der Waals surface area (Å²) in [6.07, 6.45) is 7.95. The van der Waals surface area contributed by atoms with Crippen LogP contribution in [-0.2, 0) is 4.74 Å². The van der Waals surface area contributed by atoms with Gasteiger partial charge in [0, 0.05) is 18.6 Å². The van der Waals surface area contributed by atoms with Crippen molar-refractivity contribution < 1.29 is 4.74 Å². The summed E-state index contributed by atoms with van der Waals surface area (Å²) in [6, 6.07) is 0.490. The fourth-order valence-electron chi connectivity index (χ4n) is 4.50. The Hall–Kier alpha value is -0.680. The number of hydrogen-bond donors (Lipinski definition) is 1. The van der Waals surface area contributed by atoms with Crippen LogP contribution in [0.4, 0.5) is 5.82 Å². The van der Waals surface area contributed by atoms with Gasteiger partial charge in [-0.1, -0.05) is 0 Å². The number of anilines is 1. The molecule has 2 heterocycles. The highest BCUT2D eigenvalue weighted by Crippen LogP contribution is 2.59. The molecule has 1 aromatic heterocycles. The maximum absolute atomic E-state index is 6.18. The van der Waals surface area contributed by atoms with Crippen molar-refractivity contribution in [3.8, 4) is 0 Å². The maximum Gasteiger partial charge on any atom is 0.144 e. The molecule has 2 saturated carbocycles. The molecule has 1 N–H and O–H groups in total. The van der Waals surface area contributed by atoms with E-state index in [9.17, 15) is 0 Å². The Labute approximate surface area is 127 Å². The molecule has 108 valence electrons. The molecule has 2 aliphatic carbocycles. The molecule has 5 heteroatoms. The lowest BCUT2D eigenvalue weighted by molar-refractivity contribution is -0.160. The lowest BCUT2D eigenvalue weighted by Gasteiger charge is -2.57. The van der Waals surface area contributed by atoms with E-state index in [-0.39, 0.29) is 5.60 Å². The molecule has 0 radical (unpaired) electrons. The van der Waals surface area contributed by atoms with Gasteiger partial charge in [-0.05, 0) is 60.9 Å². The molecule has 3 fully saturated rings. The monoisotopic (exact) mass is 337 g/mol. The predicted molar refractivity (Wildman–Crippen MR) is 80.6 cm³/mol. The third-order valence-corrected chi connectivity index (χ3v) is 6.50. The van der Waals surface area contributed by atoms with Crippen molar-refractivity contribution in [3.63, 3.8) is 0 Å². The largest absolute Gasteiger partial charge is 0.374 e. The van der Waals surface area contributed by atoms with Gasteiger partial charge in [0.15, 0.2) is 0 Å². The van der Waals surface area contributed by atoms with Crippen molar-refractivity contribution in [3.05, 3.63) is 16.5 Å². The lowest BCUT2D eigenvalue weighted by atomic mass is 9.53. The van der Waals surface area contributed by atoms with Gasteiger partial charge in [0.25, 0.3) is 0 Å². The van der Waals surface area contributed by atoms with E-state index in [0.717, 1.165) is 28.5 Å². The zero-order chi connectivity index (χ0) is 13.7. The average Bonchev–Trinajstić information content (AvgIpc) is 2.70. The molecule has 4 nitrogen and oxygen atoms in total. The normalized spacial score (nSPS) is 38.8. The number of nitrogens with one attached hydrogen (secondary N) is 1. The van der Waals surface area contributed by atoms with Crippen molar-refractivity contribution in [2.75, 3.05) is 11.9 Å². The first-order valence-corrected chi connectivity index (χ1v) is 8.37. The standard InChI is InChI=1S/C15H20BrN3O/c1-9-13(16)14(18-8-17-9)19-12-3-2-5-15-10(4-6-20-15)7-11(12)15/h8,10-12H,2-7H2,1H3,(H,17,18,19). The minimum Gasteiger partial charge on any atom is -0.374 e. The van der Waals surface area contributed by atoms with Gasteiger partial charge in [-0.2, -0.15) is 0 Å². The van der Waals surface area contributed by atoms with E-state index in [4.69, 9.17) is 4.74 Å². The Kier molecular flexibility index (Phi) is 3.04. The van der Waals surface area contributed by atoms with Crippen molar-refractivity contribution in [1.29, 1.82) is 0 Å². The van der Waals surface area contributed by atoms with E-state index in [1.54, 1.807) is 6.33 Å². The van der Waals surface area contributed by atoms with Crippen LogP contribution in [0.2, 0.25) is 0 Å². The number of aromatic nitrogens is 2. The van der Waals surface area contributed by atoms with Crippen molar-refractivity contribution in [2.45, 2.75) is 50.7 Å². The van der Waals surface area contributed by atoms with Gasteiger partial charge in [0.2, 0.25) is 0 Å². The van der Waals surface area contributed by atoms with Gasteiger partial charge in [-0.15, -0.1) is 0 Å². The van der Waals surface area contributed by atoms with Crippen LogP contribution in [0.15, 0.2) is 10.8 Å². The van der Waals surface area contributed by atoms with Crippen LogP contribution in [0, 0.1) is 18.8 Å². The Bertz CT molecular complexity index is 538. The molecule has 1 spiro atoms. The van der Waals surface area contributed by atoms with Crippen LogP contribution >= 0.6 is 15.9 Å². The maximum atomic E-state index is 6.18. The second kappa shape index (κ2) is 4.67. The summed E-state index contributed by atoms with van der Waals surface area (Å²) in [5.41, 5.74) is 1.18. The summed E-state index contributed by atoms with van der Waals surface area (Å²) in [6.45, 7) is 2.96. The van der Waals surface area contributed by atoms with Gasteiger partial charge >= 0.3 is 0 Å². The topological polar surface area (TPSA) is 47.0 Å². The minimum atomic E-state index is 0.199. The van der Waals surface area contributed by atoms with E-state index < -0.39 is 0 Å². The van der Waals surface area contributed by atoms with Gasteiger partial charge in [-0.25, -0.2) is 9.97 Å². The summed E-state index contributed by atoms with van der Waals surface area (Å²) < 4.78 is 7.17. The fourth-order valence-corrected chi connectivity index (χ4v) is 4.82. The van der Waals surface area contributed by atoms with E-state index in [0.29, 0.717) is 12.0 Å². The summed E-state index contributed by atoms with van der Waals surface area (Å²) in [5, 5.41) is 3.65. The molecule has 0 amide bonds. The van der Waals surface area contributed by atoms with Gasteiger partial charge in [0.1, 0.15) is 12.1 Å². The third-order valence-electron chi connectivity index (χ3n) is 5.55. The lowest BCUT2D eigenvalue weighted by Crippen LogP contribution is -2.61. The highest BCUT2D eigenvalue weighted by molar-refractivity contribution is 9.10. The van der Waals surface area contributed by atoms with Crippen molar-refractivity contribution in [2.24, 2.45) is 11.8 Å². The fraction of sp³-hybridized carbons (Fsp3) is 0.733. The SMILES string of the molecule is Cc1ncnc(NC2CCCC34OCCC3CC24)c1Br. The number of aryl methyl sites for hydroxylation is 1. The molecule has 1 aromatic rings. The molecule has 4 unspecified atom stereocenters. The Morgan fingerprint density at radius 2 is 2.30 bits per heavy atom. The Morgan fingerprint density at radius 1 is 1.40 bits per heavy atom. The molecular weight excluding hydrogens is 318 g/mol. The summed E-state index contributed by atoms with van der Waals surface area (Å²) in [5.74, 6) is 2.40. The number of halogens is 1. The van der Waals surface area contributed by atoms with Crippen LogP contribution in [0.25, 0.3) is 0 Å². The van der Waals surface area contributed by atoms with Crippen molar-refractivity contribution in [1.82, 2.24) is 9.97 Å². The van der Waals surface area contributed by atoms with Crippen LogP contribution in [0.5, 0.6) is 0 Å². The molecule has 3 aliphatic rings. The summed E-state index contributed by atoms with van der Waals surface area (Å²) >= 11 is 3.60. The smallest absolute Gasteiger partial charge is 0.144 e. The first-order chi connectivity index (χ1) is 9.71. The molecule has 4 rings (SSSR count). The van der Waals surface area contributed by atoms with Gasteiger partial charge in [0.05, 0.1) is 15.8 Å². The summed E-state index contributed by atoms with van der Waals surface area (Å²) in [4.78, 5) is 8.60. The minimum absolute atomic E-state index is 0.199. The van der Waals surface area contributed by atoms with Crippen molar-refractivity contribution >= 4 is 21.7 Å². The predicted octanol–water partition coefficient (Wildman–Crippen LogP) is 3.31. The van der Waals surface area contributed by atoms with E-state index in [1.807, 2.05) is 6.92 Å². The number of ether oxygens (including phenoxy) is 1. The molecule has 1 aliphatic heterocycles. The van der Waals surface area contributed by atoms with Crippen LogP contribution < -0.4 is 5.32 Å². The zero-order valence-corrected chi connectivity index (χ0v) is 13.3. The second-order valence-corrected chi connectivity index (χ2v) is 7.19. The summed E-state index contributed by atoms with van der Waals surface area (Å²) in [7, 11) is 0. The number of rotatable bonds is 2. The third kappa shape index (κ3) is 1.75. The molecule has 0 bridgehead atoms. The van der Waals surface area contributed by atoms with Gasteiger partial charge in [-0.3, -0.25) is 0 Å². The Balaban J connectivity index is 1.56. The first kappa shape index (κ1) is 13.0. The second-order valence-electron chi connectivity index (χ2n) is 6.40. The average molecular weight is 338 g/mol. The zero-order valence-electron chi connectivity index (χ0n) is 11.7. The number of nitrogens with zero attached hydrogens (tertiary/aromatic N) is 2. The quantitative estimate of drug-likeness (QED) is 0.899. The van der Waals surface area contributed by atoms with Crippen LogP contribution in [0.3, 0.4) is 0 Å². The number of hydrogen-bond acceptors (Lipinski definition) is 4. The molecular formula is C15H20BrN3O. The highest BCUT2D eigenvalue weighted by Gasteiger charge is 2.62. The van der Waals surface area contributed by atoms with E-state index >= 15 is 0 Å². The van der Waals surface area contributed by atoms with E-state index in [2.05, 4.69) is 31.2 Å². The molecule has 4 atom stereocenters. The molecule has 20 heavy (non-hydrogen) atoms. The highest BCUT2D eigenvalue weighted by atomic mass is 79.9.